The van der Waals surface area contributed by atoms with Gasteiger partial charge in [0.15, 0.2) is 0 Å². The van der Waals surface area contributed by atoms with Gasteiger partial charge in [-0.15, -0.1) is 11.3 Å². The van der Waals surface area contributed by atoms with Gasteiger partial charge in [0.2, 0.25) is 0 Å². The van der Waals surface area contributed by atoms with E-state index < -0.39 is 0 Å². The number of hydrogen-bond donors (Lipinski definition) is 0. The van der Waals surface area contributed by atoms with Crippen molar-refractivity contribution in [1.29, 1.82) is 0 Å². The van der Waals surface area contributed by atoms with E-state index in [1.807, 2.05) is 23.6 Å². The number of benzene rings is 1. The number of carbonyl (C=O) groups excluding carboxylic acids is 1. The Bertz CT molecular complexity index is 665. The maximum absolute atomic E-state index is 13.3. The number of thiophene rings is 1. The van der Waals surface area contributed by atoms with Crippen molar-refractivity contribution in [2.45, 2.75) is 52.6 Å². The van der Waals surface area contributed by atoms with Crippen molar-refractivity contribution in [3.05, 3.63) is 58.3 Å². The standard InChI is InChI=1S/C22H29NOS/c1-16(2)19-12-11-17(3)14-20(19)23(15-18-8-5-4-6-9-18)22(24)21-10-7-13-25-21/h4-10,13,16-17,19-20H,11-12,14-15H2,1-3H3/t17-,19+,20-/m1/s1. The summed E-state index contributed by atoms with van der Waals surface area (Å²) in [4.78, 5) is 16.3. The van der Waals surface area contributed by atoms with Crippen LogP contribution in [0.1, 0.15) is 55.3 Å². The highest BCUT2D eigenvalue weighted by atomic mass is 32.1. The Kier molecular flexibility index (Phi) is 5.95. The van der Waals surface area contributed by atoms with E-state index in [1.54, 1.807) is 11.3 Å². The van der Waals surface area contributed by atoms with Crippen molar-refractivity contribution in [2.24, 2.45) is 17.8 Å². The molecule has 1 fully saturated rings. The summed E-state index contributed by atoms with van der Waals surface area (Å²) in [5.74, 6) is 2.08. The normalized spacial score (nSPS) is 23.6. The number of nitrogens with zero attached hydrogens (tertiary/aromatic N) is 1. The van der Waals surface area contributed by atoms with E-state index in [0.717, 1.165) is 11.3 Å². The maximum Gasteiger partial charge on any atom is 0.264 e. The van der Waals surface area contributed by atoms with Crippen molar-refractivity contribution >= 4 is 17.2 Å². The van der Waals surface area contributed by atoms with Crippen LogP contribution in [0.3, 0.4) is 0 Å². The van der Waals surface area contributed by atoms with E-state index in [9.17, 15) is 4.79 Å². The molecule has 1 amide bonds. The molecule has 3 heteroatoms. The molecule has 0 aliphatic heterocycles. The predicted octanol–water partition coefficient (Wildman–Crippen LogP) is 5.85. The third-order valence-corrected chi connectivity index (χ3v) is 6.43. The maximum atomic E-state index is 13.3. The van der Waals surface area contributed by atoms with E-state index in [2.05, 4.69) is 49.9 Å². The van der Waals surface area contributed by atoms with E-state index in [1.165, 1.54) is 18.4 Å². The summed E-state index contributed by atoms with van der Waals surface area (Å²) in [7, 11) is 0. The second kappa shape index (κ2) is 8.18. The zero-order chi connectivity index (χ0) is 17.8. The number of rotatable bonds is 5. The lowest BCUT2D eigenvalue weighted by Gasteiger charge is -2.44. The van der Waals surface area contributed by atoms with Crippen molar-refractivity contribution in [3.8, 4) is 0 Å². The van der Waals surface area contributed by atoms with E-state index >= 15 is 0 Å². The summed E-state index contributed by atoms with van der Waals surface area (Å²) in [5.41, 5.74) is 1.22. The molecule has 1 aromatic carbocycles. The Morgan fingerprint density at radius 2 is 1.92 bits per heavy atom. The SMILES string of the molecule is CC(C)[C@@H]1CC[C@@H](C)C[C@H]1N(Cc1ccccc1)C(=O)c1cccs1. The average molecular weight is 356 g/mol. The lowest BCUT2D eigenvalue weighted by atomic mass is 9.73. The lowest BCUT2D eigenvalue weighted by molar-refractivity contribution is 0.0371. The van der Waals surface area contributed by atoms with Gasteiger partial charge in [-0.2, -0.15) is 0 Å². The van der Waals surface area contributed by atoms with Gasteiger partial charge in [0, 0.05) is 12.6 Å². The highest BCUT2D eigenvalue weighted by Crippen LogP contribution is 2.37. The number of carbonyl (C=O) groups is 1. The summed E-state index contributed by atoms with van der Waals surface area (Å²) < 4.78 is 0. The summed E-state index contributed by atoms with van der Waals surface area (Å²) in [6.07, 6.45) is 3.63. The largest absolute Gasteiger partial charge is 0.330 e. The molecule has 25 heavy (non-hydrogen) atoms. The lowest BCUT2D eigenvalue weighted by Crippen LogP contribution is -2.48. The van der Waals surface area contributed by atoms with Gasteiger partial charge in [-0.25, -0.2) is 0 Å². The quantitative estimate of drug-likeness (QED) is 0.658. The highest BCUT2D eigenvalue weighted by Gasteiger charge is 2.37. The first-order valence-corrected chi connectivity index (χ1v) is 10.3. The van der Waals surface area contributed by atoms with Crippen molar-refractivity contribution in [1.82, 2.24) is 4.90 Å². The fraction of sp³-hybridized carbons (Fsp3) is 0.500. The zero-order valence-electron chi connectivity index (χ0n) is 15.5. The van der Waals surface area contributed by atoms with Gasteiger partial charge in [-0.1, -0.05) is 63.6 Å². The van der Waals surface area contributed by atoms with Crippen LogP contribution in [-0.4, -0.2) is 16.8 Å². The molecule has 134 valence electrons. The van der Waals surface area contributed by atoms with Gasteiger partial charge in [-0.05, 0) is 47.6 Å². The minimum Gasteiger partial charge on any atom is -0.330 e. The van der Waals surface area contributed by atoms with Crippen LogP contribution in [0.25, 0.3) is 0 Å². The smallest absolute Gasteiger partial charge is 0.264 e. The molecular formula is C22H29NOS. The Hall–Kier alpha value is -1.61. The molecule has 0 bridgehead atoms. The molecule has 0 unspecified atom stereocenters. The third-order valence-electron chi connectivity index (χ3n) is 5.58. The summed E-state index contributed by atoms with van der Waals surface area (Å²) in [5, 5.41) is 2.00. The fourth-order valence-electron chi connectivity index (χ4n) is 4.17. The molecule has 0 saturated heterocycles. The summed E-state index contributed by atoms with van der Waals surface area (Å²) in [6.45, 7) is 7.66. The molecule has 3 rings (SSSR count). The van der Waals surface area contributed by atoms with E-state index in [0.29, 0.717) is 30.3 Å². The molecular weight excluding hydrogens is 326 g/mol. The zero-order valence-corrected chi connectivity index (χ0v) is 16.3. The topological polar surface area (TPSA) is 20.3 Å². The van der Waals surface area contributed by atoms with Crippen LogP contribution in [-0.2, 0) is 6.54 Å². The average Bonchev–Trinajstić information content (AvgIpc) is 3.14. The van der Waals surface area contributed by atoms with Gasteiger partial charge >= 0.3 is 0 Å². The first-order chi connectivity index (χ1) is 12.1. The van der Waals surface area contributed by atoms with Gasteiger partial charge < -0.3 is 4.90 Å². The van der Waals surface area contributed by atoms with Crippen molar-refractivity contribution < 1.29 is 4.79 Å². The van der Waals surface area contributed by atoms with Crippen LogP contribution in [0.5, 0.6) is 0 Å². The Morgan fingerprint density at radius 1 is 1.16 bits per heavy atom. The van der Waals surface area contributed by atoms with Crippen LogP contribution in [0.2, 0.25) is 0 Å². The Labute approximate surface area is 155 Å². The molecule has 0 N–H and O–H groups in total. The second-order valence-electron chi connectivity index (χ2n) is 7.79. The van der Waals surface area contributed by atoms with Crippen LogP contribution in [0.15, 0.2) is 47.8 Å². The molecule has 2 aromatic rings. The molecule has 1 aromatic heterocycles. The predicted molar refractivity (Wildman–Crippen MR) is 106 cm³/mol. The monoisotopic (exact) mass is 355 g/mol. The molecule has 0 spiro atoms. The molecule has 1 aliphatic carbocycles. The molecule has 2 nitrogen and oxygen atoms in total. The minimum absolute atomic E-state index is 0.198. The second-order valence-corrected chi connectivity index (χ2v) is 8.74. The molecule has 0 radical (unpaired) electrons. The van der Waals surface area contributed by atoms with Crippen LogP contribution in [0, 0.1) is 17.8 Å². The van der Waals surface area contributed by atoms with Gasteiger partial charge in [-0.3, -0.25) is 4.79 Å². The number of hydrogen-bond acceptors (Lipinski definition) is 2. The summed E-state index contributed by atoms with van der Waals surface area (Å²) >= 11 is 1.55. The van der Waals surface area contributed by atoms with Crippen molar-refractivity contribution in [2.75, 3.05) is 0 Å². The van der Waals surface area contributed by atoms with Gasteiger partial charge in [0.25, 0.3) is 5.91 Å². The number of amides is 1. The third kappa shape index (κ3) is 4.33. The van der Waals surface area contributed by atoms with E-state index in [4.69, 9.17) is 0 Å². The summed E-state index contributed by atoms with van der Waals surface area (Å²) in [6, 6.07) is 14.7. The van der Waals surface area contributed by atoms with Gasteiger partial charge in [0.05, 0.1) is 4.88 Å². The van der Waals surface area contributed by atoms with Crippen LogP contribution in [0.4, 0.5) is 0 Å². The minimum atomic E-state index is 0.198. The molecule has 1 saturated carbocycles. The van der Waals surface area contributed by atoms with Gasteiger partial charge in [0.1, 0.15) is 0 Å². The molecule has 1 aliphatic rings. The van der Waals surface area contributed by atoms with E-state index in [-0.39, 0.29) is 5.91 Å². The van der Waals surface area contributed by atoms with Crippen molar-refractivity contribution in [3.63, 3.8) is 0 Å². The molecule has 3 atom stereocenters. The Balaban J connectivity index is 1.92. The molecule has 1 heterocycles. The first kappa shape index (κ1) is 18.2. The highest BCUT2D eigenvalue weighted by molar-refractivity contribution is 7.12. The Morgan fingerprint density at radius 3 is 2.56 bits per heavy atom. The fourth-order valence-corrected chi connectivity index (χ4v) is 4.85. The van der Waals surface area contributed by atoms with Crippen LogP contribution < -0.4 is 0 Å². The van der Waals surface area contributed by atoms with Crippen LogP contribution >= 0.6 is 11.3 Å². The first-order valence-electron chi connectivity index (χ1n) is 9.44.